The maximum absolute atomic E-state index is 5.89. The van der Waals surface area contributed by atoms with Gasteiger partial charge in [-0.25, -0.2) is 4.98 Å². The Labute approximate surface area is 132 Å². The zero-order valence-electron chi connectivity index (χ0n) is 9.05. The van der Waals surface area contributed by atoms with Gasteiger partial charge in [0.15, 0.2) is 0 Å². The summed E-state index contributed by atoms with van der Waals surface area (Å²) in [6.07, 6.45) is 1.69. The van der Waals surface area contributed by atoms with Crippen LogP contribution in [0.2, 0.25) is 10.2 Å². The molecule has 0 aliphatic heterocycles. The average Bonchev–Trinajstić information content (AvgIpc) is 2.32. The Morgan fingerprint density at radius 1 is 1.11 bits per heavy atom. The summed E-state index contributed by atoms with van der Waals surface area (Å²) in [5.41, 5.74) is 2.01. The lowest BCUT2D eigenvalue weighted by atomic mass is 10.2. The van der Waals surface area contributed by atoms with E-state index in [0.717, 1.165) is 20.2 Å². The van der Waals surface area contributed by atoms with Crippen LogP contribution in [0.3, 0.4) is 0 Å². The van der Waals surface area contributed by atoms with Crippen molar-refractivity contribution in [2.75, 3.05) is 5.32 Å². The summed E-state index contributed by atoms with van der Waals surface area (Å²) in [5.74, 6) is 0. The Balaban J connectivity index is 2.09. The maximum atomic E-state index is 5.89. The molecule has 6 heteroatoms. The highest BCUT2D eigenvalue weighted by Gasteiger charge is 2.03. The van der Waals surface area contributed by atoms with Crippen LogP contribution in [0.15, 0.2) is 39.4 Å². The molecule has 0 saturated heterocycles. The predicted molar refractivity (Wildman–Crippen MR) is 83.4 cm³/mol. The third-order valence-corrected chi connectivity index (χ3v) is 4.40. The number of benzene rings is 1. The lowest BCUT2D eigenvalue weighted by Crippen LogP contribution is -2.00. The van der Waals surface area contributed by atoms with E-state index >= 15 is 0 Å². The first kappa shape index (κ1) is 14.1. The summed E-state index contributed by atoms with van der Waals surface area (Å²) >= 11 is 18.5. The largest absolute Gasteiger partial charge is 0.380 e. The van der Waals surface area contributed by atoms with E-state index in [1.807, 2.05) is 24.3 Å². The van der Waals surface area contributed by atoms with Gasteiger partial charge in [0.2, 0.25) is 0 Å². The van der Waals surface area contributed by atoms with Crippen molar-refractivity contribution in [2.24, 2.45) is 0 Å². The van der Waals surface area contributed by atoms with Gasteiger partial charge in [0.1, 0.15) is 5.15 Å². The number of halogens is 4. The van der Waals surface area contributed by atoms with Crippen LogP contribution in [0.25, 0.3) is 0 Å². The van der Waals surface area contributed by atoms with E-state index in [0.29, 0.717) is 16.7 Å². The minimum Gasteiger partial charge on any atom is -0.380 e. The van der Waals surface area contributed by atoms with Gasteiger partial charge in [-0.05, 0) is 39.7 Å². The second-order valence-corrected chi connectivity index (χ2v) is 6.09. The van der Waals surface area contributed by atoms with Gasteiger partial charge < -0.3 is 5.32 Å². The SMILES string of the molecule is Clc1ccc(CNc2cnc(Cl)c(Br)c2)c(Br)c1. The number of rotatable bonds is 3. The molecular formula is C12H8Br2Cl2N2. The summed E-state index contributed by atoms with van der Waals surface area (Å²) in [6, 6.07) is 7.59. The summed E-state index contributed by atoms with van der Waals surface area (Å²) < 4.78 is 1.74. The molecule has 2 aromatic rings. The van der Waals surface area contributed by atoms with E-state index in [-0.39, 0.29) is 0 Å². The van der Waals surface area contributed by atoms with E-state index in [2.05, 4.69) is 42.2 Å². The van der Waals surface area contributed by atoms with Crippen molar-refractivity contribution in [2.45, 2.75) is 6.54 Å². The minimum atomic E-state index is 0.452. The molecule has 1 heterocycles. The first-order valence-electron chi connectivity index (χ1n) is 5.05. The highest BCUT2D eigenvalue weighted by atomic mass is 79.9. The molecule has 1 aromatic carbocycles. The van der Waals surface area contributed by atoms with Crippen LogP contribution in [-0.4, -0.2) is 4.98 Å². The summed E-state index contributed by atoms with van der Waals surface area (Å²) in [5, 5.41) is 4.43. The molecule has 94 valence electrons. The molecule has 0 aliphatic carbocycles. The third kappa shape index (κ3) is 3.60. The van der Waals surface area contributed by atoms with Gasteiger partial charge in [0.05, 0.1) is 16.4 Å². The van der Waals surface area contributed by atoms with Crippen molar-refractivity contribution in [3.63, 3.8) is 0 Å². The average molecular weight is 411 g/mol. The molecule has 0 amide bonds. The highest BCUT2D eigenvalue weighted by Crippen LogP contribution is 2.25. The van der Waals surface area contributed by atoms with E-state index in [1.165, 1.54) is 0 Å². The monoisotopic (exact) mass is 408 g/mol. The van der Waals surface area contributed by atoms with Gasteiger partial charge in [-0.1, -0.05) is 45.2 Å². The minimum absolute atomic E-state index is 0.452. The zero-order valence-corrected chi connectivity index (χ0v) is 13.7. The van der Waals surface area contributed by atoms with Gasteiger partial charge >= 0.3 is 0 Å². The van der Waals surface area contributed by atoms with Gasteiger partial charge in [0, 0.05) is 16.0 Å². The van der Waals surface area contributed by atoms with Gasteiger partial charge in [-0.3, -0.25) is 0 Å². The topological polar surface area (TPSA) is 24.9 Å². The Morgan fingerprint density at radius 2 is 1.89 bits per heavy atom. The number of anilines is 1. The molecule has 0 saturated carbocycles. The number of aromatic nitrogens is 1. The van der Waals surface area contributed by atoms with E-state index in [4.69, 9.17) is 23.2 Å². The first-order chi connectivity index (χ1) is 8.56. The maximum Gasteiger partial charge on any atom is 0.143 e. The van der Waals surface area contributed by atoms with Crippen LogP contribution in [-0.2, 0) is 6.54 Å². The fourth-order valence-electron chi connectivity index (χ4n) is 1.38. The second kappa shape index (κ2) is 6.24. The first-order valence-corrected chi connectivity index (χ1v) is 7.39. The molecule has 1 N–H and O–H groups in total. The lowest BCUT2D eigenvalue weighted by molar-refractivity contribution is 1.12. The Bertz CT molecular complexity index is 576. The van der Waals surface area contributed by atoms with Crippen LogP contribution in [0, 0.1) is 0 Å². The van der Waals surface area contributed by atoms with Crippen LogP contribution in [0.5, 0.6) is 0 Å². The number of nitrogens with one attached hydrogen (secondary N) is 1. The summed E-state index contributed by atoms with van der Waals surface area (Å²) in [7, 11) is 0. The fourth-order valence-corrected chi connectivity index (χ4v) is 2.66. The molecule has 18 heavy (non-hydrogen) atoms. The zero-order chi connectivity index (χ0) is 13.1. The molecule has 0 spiro atoms. The Kier molecular flexibility index (Phi) is 4.90. The van der Waals surface area contributed by atoms with Crippen LogP contribution >= 0.6 is 55.1 Å². The Hall–Kier alpha value is -0.290. The molecule has 1 aromatic heterocycles. The molecule has 0 unspecified atom stereocenters. The van der Waals surface area contributed by atoms with Gasteiger partial charge in [-0.2, -0.15) is 0 Å². The highest BCUT2D eigenvalue weighted by molar-refractivity contribution is 9.10. The number of pyridine rings is 1. The molecule has 0 atom stereocenters. The smallest absolute Gasteiger partial charge is 0.143 e. The summed E-state index contributed by atoms with van der Waals surface area (Å²) in [6.45, 7) is 0.674. The lowest BCUT2D eigenvalue weighted by Gasteiger charge is -2.09. The van der Waals surface area contributed by atoms with E-state index in [9.17, 15) is 0 Å². The summed E-state index contributed by atoms with van der Waals surface area (Å²) in [4.78, 5) is 4.05. The molecule has 0 aliphatic rings. The van der Waals surface area contributed by atoms with Gasteiger partial charge in [-0.15, -0.1) is 0 Å². The molecular weight excluding hydrogens is 403 g/mol. The number of nitrogens with zero attached hydrogens (tertiary/aromatic N) is 1. The standard InChI is InChI=1S/C12H8Br2Cl2N2/c13-10-3-8(15)2-1-7(10)5-17-9-4-11(14)12(16)18-6-9/h1-4,6,17H,5H2. The van der Waals surface area contributed by atoms with Crippen molar-refractivity contribution < 1.29 is 0 Å². The van der Waals surface area contributed by atoms with Crippen LogP contribution < -0.4 is 5.32 Å². The van der Waals surface area contributed by atoms with Crippen molar-refractivity contribution in [1.29, 1.82) is 0 Å². The van der Waals surface area contributed by atoms with Crippen molar-refractivity contribution in [3.05, 3.63) is 55.1 Å². The molecule has 2 nitrogen and oxygen atoms in total. The second-order valence-electron chi connectivity index (χ2n) is 3.59. The van der Waals surface area contributed by atoms with Crippen molar-refractivity contribution >= 4 is 60.7 Å². The van der Waals surface area contributed by atoms with E-state index < -0.39 is 0 Å². The Morgan fingerprint density at radius 3 is 2.56 bits per heavy atom. The number of hydrogen-bond donors (Lipinski definition) is 1. The van der Waals surface area contributed by atoms with Crippen molar-refractivity contribution in [1.82, 2.24) is 4.98 Å². The molecule has 0 fully saturated rings. The number of hydrogen-bond acceptors (Lipinski definition) is 2. The quantitative estimate of drug-likeness (QED) is 0.673. The third-order valence-electron chi connectivity index (χ3n) is 2.29. The van der Waals surface area contributed by atoms with Crippen molar-refractivity contribution in [3.8, 4) is 0 Å². The predicted octanol–water partition coefficient (Wildman–Crippen LogP) is 5.53. The van der Waals surface area contributed by atoms with Crippen LogP contribution in [0.4, 0.5) is 5.69 Å². The van der Waals surface area contributed by atoms with E-state index in [1.54, 1.807) is 6.20 Å². The molecule has 0 bridgehead atoms. The van der Waals surface area contributed by atoms with Crippen LogP contribution in [0.1, 0.15) is 5.56 Å². The fraction of sp³-hybridized carbons (Fsp3) is 0.0833. The normalized spacial score (nSPS) is 10.4. The molecule has 2 rings (SSSR count). The molecule has 0 radical (unpaired) electrons. The van der Waals surface area contributed by atoms with Gasteiger partial charge in [0.25, 0.3) is 0 Å².